The Hall–Kier alpha value is -2.60. The van der Waals surface area contributed by atoms with Crippen LogP contribution in [0.15, 0.2) is 48.5 Å². The van der Waals surface area contributed by atoms with Gasteiger partial charge in [-0.1, -0.05) is 24.3 Å². The molecule has 0 bridgehead atoms. The number of amides is 1. The number of alkyl halides is 1. The molecule has 1 saturated carbocycles. The highest BCUT2D eigenvalue weighted by atomic mass is 19.1. The van der Waals surface area contributed by atoms with Crippen molar-refractivity contribution in [1.82, 2.24) is 9.80 Å². The molecular formula is C23H27FN2O3. The summed E-state index contributed by atoms with van der Waals surface area (Å²) in [6, 6.07) is 16.3. The topological polar surface area (TPSA) is 42.0 Å². The maximum absolute atomic E-state index is 14.1. The van der Waals surface area contributed by atoms with Crippen LogP contribution in [-0.4, -0.2) is 54.7 Å². The summed E-state index contributed by atoms with van der Waals surface area (Å²) in [6.07, 6.45) is 0.739. The zero-order valence-corrected chi connectivity index (χ0v) is 16.9. The molecule has 1 aliphatic carbocycles. The van der Waals surface area contributed by atoms with E-state index in [0.717, 1.165) is 24.6 Å². The van der Waals surface area contributed by atoms with Crippen LogP contribution in [0.25, 0.3) is 0 Å². The first-order valence-corrected chi connectivity index (χ1v) is 9.99. The molecule has 2 fully saturated rings. The Bertz CT molecular complexity index is 794. The molecule has 4 rings (SSSR count). The van der Waals surface area contributed by atoms with Crippen molar-refractivity contribution >= 4 is 5.91 Å². The first-order chi connectivity index (χ1) is 14.0. The Morgan fingerprint density at radius 3 is 1.79 bits per heavy atom. The van der Waals surface area contributed by atoms with Gasteiger partial charge in [0.25, 0.3) is 5.91 Å². The lowest BCUT2D eigenvalue weighted by Crippen LogP contribution is -2.62. The molecular weight excluding hydrogens is 371 g/mol. The van der Waals surface area contributed by atoms with Crippen LogP contribution in [0, 0.1) is 0 Å². The summed E-state index contributed by atoms with van der Waals surface area (Å²) in [6.45, 7) is 2.67. The summed E-state index contributed by atoms with van der Waals surface area (Å²) in [5, 5.41) is 0. The molecule has 154 valence electrons. The zero-order valence-electron chi connectivity index (χ0n) is 16.9. The first kappa shape index (κ1) is 19.7. The van der Waals surface area contributed by atoms with Gasteiger partial charge in [-0.25, -0.2) is 4.39 Å². The number of likely N-dealkylation sites (tertiary alicyclic amines) is 1. The van der Waals surface area contributed by atoms with Crippen molar-refractivity contribution in [2.75, 3.05) is 27.3 Å². The molecule has 0 N–H and O–H groups in total. The standard InChI is InChI=1S/C23H27FN2O3/c1-28-20-7-3-17(4-8-20)13-25(14-18-5-9-21(29-2)10-6-18)19-15-26(16-19)22(27)23(24)11-12-23/h3-10,19H,11-16H2,1-2H3. The molecule has 29 heavy (non-hydrogen) atoms. The minimum atomic E-state index is -1.58. The quantitative estimate of drug-likeness (QED) is 0.683. The summed E-state index contributed by atoms with van der Waals surface area (Å²) in [5.74, 6) is 1.32. The van der Waals surface area contributed by atoms with Gasteiger partial charge in [0.15, 0.2) is 5.67 Å². The van der Waals surface area contributed by atoms with Gasteiger partial charge in [0, 0.05) is 32.2 Å². The first-order valence-electron chi connectivity index (χ1n) is 9.99. The van der Waals surface area contributed by atoms with Crippen LogP contribution in [0.3, 0.4) is 0 Å². The van der Waals surface area contributed by atoms with E-state index < -0.39 is 5.67 Å². The van der Waals surface area contributed by atoms with Crippen LogP contribution in [0.1, 0.15) is 24.0 Å². The summed E-state index contributed by atoms with van der Waals surface area (Å²) < 4.78 is 24.6. The molecule has 5 nitrogen and oxygen atoms in total. The molecule has 0 unspecified atom stereocenters. The molecule has 1 heterocycles. The van der Waals surface area contributed by atoms with E-state index in [1.807, 2.05) is 24.3 Å². The maximum Gasteiger partial charge on any atom is 0.260 e. The van der Waals surface area contributed by atoms with Crippen LogP contribution in [0.2, 0.25) is 0 Å². The molecule has 0 radical (unpaired) electrons. The fourth-order valence-electron chi connectivity index (χ4n) is 3.70. The maximum atomic E-state index is 14.1. The van der Waals surface area contributed by atoms with E-state index in [0.29, 0.717) is 25.9 Å². The van der Waals surface area contributed by atoms with Crippen molar-refractivity contribution in [3.05, 3.63) is 59.7 Å². The molecule has 1 saturated heterocycles. The Kier molecular flexibility index (Phi) is 5.46. The lowest BCUT2D eigenvalue weighted by atomic mass is 10.0. The minimum absolute atomic E-state index is 0.213. The van der Waals surface area contributed by atoms with E-state index in [1.165, 1.54) is 11.1 Å². The van der Waals surface area contributed by atoms with E-state index in [2.05, 4.69) is 29.2 Å². The highest BCUT2D eigenvalue weighted by Crippen LogP contribution is 2.42. The van der Waals surface area contributed by atoms with Gasteiger partial charge in [0.2, 0.25) is 0 Å². The van der Waals surface area contributed by atoms with Gasteiger partial charge in [-0.2, -0.15) is 0 Å². The van der Waals surface area contributed by atoms with Gasteiger partial charge in [-0.3, -0.25) is 9.69 Å². The van der Waals surface area contributed by atoms with Crippen molar-refractivity contribution in [3.8, 4) is 11.5 Å². The molecule has 2 aliphatic rings. The molecule has 2 aromatic rings. The SMILES string of the molecule is COc1ccc(CN(Cc2ccc(OC)cc2)C2CN(C(=O)C3(F)CC3)C2)cc1. The fourth-order valence-corrected chi connectivity index (χ4v) is 3.70. The molecule has 0 atom stereocenters. The van der Waals surface area contributed by atoms with Crippen molar-refractivity contribution < 1.29 is 18.7 Å². The molecule has 1 amide bonds. The van der Waals surface area contributed by atoms with E-state index >= 15 is 0 Å². The van der Waals surface area contributed by atoms with Gasteiger partial charge in [0.05, 0.1) is 14.2 Å². The number of benzene rings is 2. The van der Waals surface area contributed by atoms with Gasteiger partial charge < -0.3 is 14.4 Å². The Labute approximate surface area is 171 Å². The number of rotatable bonds is 8. The normalized spacial score (nSPS) is 17.7. The number of hydrogen-bond donors (Lipinski definition) is 0. The second kappa shape index (κ2) is 8.03. The van der Waals surface area contributed by atoms with Crippen molar-refractivity contribution in [1.29, 1.82) is 0 Å². The number of carbonyl (C=O) groups is 1. The summed E-state index contributed by atoms with van der Waals surface area (Å²) in [7, 11) is 3.31. The Morgan fingerprint density at radius 1 is 0.966 bits per heavy atom. The van der Waals surface area contributed by atoms with Gasteiger partial charge in [0.1, 0.15) is 11.5 Å². The summed E-state index contributed by atoms with van der Waals surface area (Å²) >= 11 is 0. The molecule has 2 aromatic carbocycles. The second-order valence-corrected chi connectivity index (χ2v) is 7.93. The molecule has 1 aliphatic heterocycles. The smallest absolute Gasteiger partial charge is 0.260 e. The van der Waals surface area contributed by atoms with Crippen LogP contribution < -0.4 is 9.47 Å². The molecule has 0 spiro atoms. The van der Waals surface area contributed by atoms with Gasteiger partial charge in [-0.05, 0) is 48.2 Å². The number of methoxy groups -OCH3 is 2. The molecule has 6 heteroatoms. The van der Waals surface area contributed by atoms with Crippen LogP contribution in [0.4, 0.5) is 4.39 Å². The average Bonchev–Trinajstić information content (AvgIpc) is 3.46. The van der Waals surface area contributed by atoms with Crippen molar-refractivity contribution in [2.24, 2.45) is 0 Å². The number of nitrogens with zero attached hydrogens (tertiary/aromatic N) is 2. The number of ether oxygens (including phenoxy) is 2. The highest BCUT2D eigenvalue weighted by molar-refractivity contribution is 5.88. The number of carbonyl (C=O) groups excluding carboxylic acids is 1. The molecule has 0 aromatic heterocycles. The minimum Gasteiger partial charge on any atom is -0.497 e. The monoisotopic (exact) mass is 398 g/mol. The summed E-state index contributed by atoms with van der Waals surface area (Å²) in [4.78, 5) is 16.3. The van der Waals surface area contributed by atoms with Gasteiger partial charge in [-0.15, -0.1) is 0 Å². The van der Waals surface area contributed by atoms with Crippen LogP contribution >= 0.6 is 0 Å². The van der Waals surface area contributed by atoms with Crippen LogP contribution in [0.5, 0.6) is 11.5 Å². The third-order valence-electron chi connectivity index (χ3n) is 5.83. The number of halogens is 1. The summed E-state index contributed by atoms with van der Waals surface area (Å²) in [5.41, 5.74) is 0.767. The Morgan fingerprint density at radius 2 is 1.41 bits per heavy atom. The van der Waals surface area contributed by atoms with E-state index in [4.69, 9.17) is 9.47 Å². The Balaban J connectivity index is 1.45. The van der Waals surface area contributed by atoms with Crippen molar-refractivity contribution in [3.63, 3.8) is 0 Å². The van der Waals surface area contributed by atoms with E-state index in [9.17, 15) is 9.18 Å². The van der Waals surface area contributed by atoms with Crippen molar-refractivity contribution in [2.45, 2.75) is 37.6 Å². The number of hydrogen-bond acceptors (Lipinski definition) is 4. The predicted molar refractivity (Wildman–Crippen MR) is 109 cm³/mol. The highest BCUT2D eigenvalue weighted by Gasteiger charge is 2.55. The largest absolute Gasteiger partial charge is 0.497 e. The fraction of sp³-hybridized carbons (Fsp3) is 0.435. The van der Waals surface area contributed by atoms with Crippen LogP contribution in [-0.2, 0) is 17.9 Å². The third kappa shape index (κ3) is 4.37. The lowest BCUT2D eigenvalue weighted by Gasteiger charge is -2.46. The lowest BCUT2D eigenvalue weighted by molar-refractivity contribution is -0.146. The second-order valence-electron chi connectivity index (χ2n) is 7.93. The van der Waals surface area contributed by atoms with E-state index in [1.54, 1.807) is 19.1 Å². The third-order valence-corrected chi connectivity index (χ3v) is 5.83. The predicted octanol–water partition coefficient (Wildman–Crippen LogP) is 3.42. The zero-order chi connectivity index (χ0) is 20.4. The van der Waals surface area contributed by atoms with Gasteiger partial charge >= 0.3 is 0 Å². The average molecular weight is 398 g/mol. The van der Waals surface area contributed by atoms with E-state index in [-0.39, 0.29) is 11.9 Å².